The lowest BCUT2D eigenvalue weighted by Gasteiger charge is -2.37. The number of anilines is 1. The number of nitrogens with zero attached hydrogens (tertiary/aromatic N) is 2. The van der Waals surface area contributed by atoms with Crippen molar-refractivity contribution < 1.29 is 14.0 Å². The molecule has 1 aliphatic heterocycles. The molecule has 29 heavy (non-hydrogen) atoms. The lowest BCUT2D eigenvalue weighted by Crippen LogP contribution is -2.53. The summed E-state index contributed by atoms with van der Waals surface area (Å²) in [6.45, 7) is 5.16. The maximum atomic E-state index is 13.1. The quantitative estimate of drug-likeness (QED) is 0.792. The van der Waals surface area contributed by atoms with E-state index in [-0.39, 0.29) is 17.6 Å². The normalized spacial score (nSPS) is 17.7. The largest absolute Gasteiger partial charge is 0.368 e. The van der Waals surface area contributed by atoms with Crippen molar-refractivity contribution in [3.8, 4) is 0 Å². The number of nitrogens with one attached hydrogen (secondary N) is 1. The van der Waals surface area contributed by atoms with Gasteiger partial charge in [0.05, 0.1) is 0 Å². The molecule has 152 valence electrons. The number of benzene rings is 2. The van der Waals surface area contributed by atoms with Gasteiger partial charge in [-0.25, -0.2) is 4.39 Å². The average molecular weight is 395 g/mol. The molecule has 2 amide bonds. The zero-order valence-corrected chi connectivity index (χ0v) is 16.7. The van der Waals surface area contributed by atoms with Gasteiger partial charge in [0.1, 0.15) is 11.2 Å². The van der Waals surface area contributed by atoms with Crippen LogP contribution in [0, 0.1) is 18.2 Å². The van der Waals surface area contributed by atoms with E-state index in [1.54, 1.807) is 12.1 Å². The number of carbonyl (C=O) groups is 2. The Hall–Kier alpha value is -2.89. The van der Waals surface area contributed by atoms with Crippen LogP contribution < -0.4 is 10.2 Å². The highest BCUT2D eigenvalue weighted by atomic mass is 19.1. The second kappa shape index (κ2) is 7.85. The molecular weight excluding hydrogens is 369 g/mol. The van der Waals surface area contributed by atoms with Gasteiger partial charge in [0, 0.05) is 38.4 Å². The van der Waals surface area contributed by atoms with Crippen molar-refractivity contribution in [2.24, 2.45) is 5.41 Å². The van der Waals surface area contributed by atoms with Crippen LogP contribution in [0.4, 0.5) is 10.1 Å². The minimum absolute atomic E-state index is 0.0574. The number of hydrogen-bond acceptors (Lipinski definition) is 3. The topological polar surface area (TPSA) is 52.7 Å². The Morgan fingerprint density at radius 1 is 1.03 bits per heavy atom. The molecule has 1 aliphatic carbocycles. The van der Waals surface area contributed by atoms with Gasteiger partial charge in [-0.2, -0.15) is 0 Å². The lowest BCUT2D eigenvalue weighted by atomic mass is 10.0. The van der Waals surface area contributed by atoms with Gasteiger partial charge < -0.3 is 15.1 Å². The molecule has 1 saturated heterocycles. The third kappa shape index (κ3) is 4.11. The fraction of sp³-hybridized carbons (Fsp3) is 0.391. The van der Waals surface area contributed by atoms with Crippen molar-refractivity contribution in [1.82, 2.24) is 10.2 Å². The highest BCUT2D eigenvalue weighted by Gasteiger charge is 2.58. The number of piperazine rings is 1. The van der Waals surface area contributed by atoms with Gasteiger partial charge in [-0.3, -0.25) is 9.59 Å². The average Bonchev–Trinajstić information content (AvgIpc) is 3.55. The van der Waals surface area contributed by atoms with Gasteiger partial charge in [0.25, 0.3) is 0 Å². The van der Waals surface area contributed by atoms with Gasteiger partial charge in [-0.15, -0.1) is 0 Å². The highest BCUT2D eigenvalue weighted by molar-refractivity contribution is 6.07. The number of amides is 2. The third-order valence-corrected chi connectivity index (χ3v) is 5.89. The van der Waals surface area contributed by atoms with Gasteiger partial charge in [-0.1, -0.05) is 24.3 Å². The predicted molar refractivity (Wildman–Crippen MR) is 110 cm³/mol. The molecule has 2 aromatic rings. The number of hydrogen-bond donors (Lipinski definition) is 1. The minimum atomic E-state index is -0.911. The summed E-state index contributed by atoms with van der Waals surface area (Å²) in [5, 5.41) is 2.86. The van der Waals surface area contributed by atoms with Gasteiger partial charge in [0.15, 0.2) is 0 Å². The minimum Gasteiger partial charge on any atom is -0.368 e. The first-order chi connectivity index (χ1) is 14.0. The summed E-state index contributed by atoms with van der Waals surface area (Å²) in [6.07, 6.45) is 1.19. The second-order valence-corrected chi connectivity index (χ2v) is 8.01. The Morgan fingerprint density at radius 3 is 2.34 bits per heavy atom. The Balaban J connectivity index is 1.33. The molecule has 2 fully saturated rings. The van der Waals surface area contributed by atoms with Crippen molar-refractivity contribution in [2.75, 3.05) is 31.1 Å². The van der Waals surface area contributed by atoms with Crippen LogP contribution in [0.1, 0.15) is 24.0 Å². The van der Waals surface area contributed by atoms with Crippen molar-refractivity contribution in [1.29, 1.82) is 0 Å². The molecule has 0 atom stereocenters. The van der Waals surface area contributed by atoms with E-state index in [4.69, 9.17) is 0 Å². The van der Waals surface area contributed by atoms with Crippen LogP contribution in [0.15, 0.2) is 48.5 Å². The van der Waals surface area contributed by atoms with E-state index in [0.29, 0.717) is 32.5 Å². The molecule has 2 aromatic carbocycles. The molecule has 1 heterocycles. The van der Waals surface area contributed by atoms with Crippen molar-refractivity contribution in [2.45, 2.75) is 26.3 Å². The van der Waals surface area contributed by atoms with Crippen molar-refractivity contribution in [3.05, 3.63) is 65.5 Å². The molecule has 0 aromatic heterocycles. The molecule has 0 radical (unpaired) electrons. The van der Waals surface area contributed by atoms with Gasteiger partial charge >= 0.3 is 0 Å². The molecule has 6 heteroatoms. The molecule has 2 aliphatic rings. The molecule has 1 N–H and O–H groups in total. The Morgan fingerprint density at radius 2 is 1.72 bits per heavy atom. The number of rotatable bonds is 5. The third-order valence-electron chi connectivity index (χ3n) is 5.89. The van der Waals surface area contributed by atoms with Crippen LogP contribution in [0.3, 0.4) is 0 Å². The number of aryl methyl sites for hydroxylation is 1. The highest BCUT2D eigenvalue weighted by Crippen LogP contribution is 2.47. The van der Waals surface area contributed by atoms with E-state index in [1.165, 1.54) is 23.4 Å². The van der Waals surface area contributed by atoms with Crippen LogP contribution in [0.25, 0.3) is 0 Å². The molecule has 0 unspecified atom stereocenters. The first-order valence-corrected chi connectivity index (χ1v) is 10.1. The monoisotopic (exact) mass is 395 g/mol. The summed E-state index contributed by atoms with van der Waals surface area (Å²) in [5.74, 6) is -0.579. The Bertz CT molecular complexity index is 901. The molecule has 0 spiro atoms. The SMILES string of the molecule is Cc1cccc(N2CCN(C(=O)C3(C(=O)NCc4ccc(F)cc4)CC3)CC2)c1. The van der Waals surface area contributed by atoms with E-state index >= 15 is 0 Å². The van der Waals surface area contributed by atoms with E-state index in [0.717, 1.165) is 18.7 Å². The van der Waals surface area contributed by atoms with E-state index in [9.17, 15) is 14.0 Å². The molecule has 5 nitrogen and oxygen atoms in total. The van der Waals surface area contributed by atoms with E-state index in [2.05, 4.69) is 35.3 Å². The molecule has 1 saturated carbocycles. The standard InChI is InChI=1S/C23H26FN3O2/c1-17-3-2-4-20(15-17)26-11-13-27(14-12-26)22(29)23(9-10-23)21(28)25-16-18-5-7-19(24)8-6-18/h2-8,15H,9-14,16H2,1H3,(H,25,28). The van der Waals surface area contributed by atoms with Crippen molar-refractivity contribution >= 4 is 17.5 Å². The molecule has 4 rings (SSSR count). The van der Waals surface area contributed by atoms with Crippen LogP contribution in [0.2, 0.25) is 0 Å². The lowest BCUT2D eigenvalue weighted by molar-refractivity contribution is -0.144. The van der Waals surface area contributed by atoms with Crippen LogP contribution in [-0.4, -0.2) is 42.9 Å². The fourth-order valence-corrected chi connectivity index (χ4v) is 3.91. The summed E-state index contributed by atoms with van der Waals surface area (Å²) in [6, 6.07) is 14.4. The summed E-state index contributed by atoms with van der Waals surface area (Å²) >= 11 is 0. The number of carbonyl (C=O) groups excluding carboxylic acids is 2. The summed E-state index contributed by atoms with van der Waals surface area (Å²) in [7, 11) is 0. The smallest absolute Gasteiger partial charge is 0.238 e. The molecule has 0 bridgehead atoms. The van der Waals surface area contributed by atoms with E-state index in [1.807, 2.05) is 11.0 Å². The first kappa shape index (κ1) is 19.4. The van der Waals surface area contributed by atoms with Crippen molar-refractivity contribution in [3.63, 3.8) is 0 Å². The fourth-order valence-electron chi connectivity index (χ4n) is 3.91. The van der Waals surface area contributed by atoms with Gasteiger partial charge in [0.2, 0.25) is 11.8 Å². The zero-order chi connectivity index (χ0) is 20.4. The van der Waals surface area contributed by atoms with Gasteiger partial charge in [-0.05, 0) is 55.2 Å². The Labute approximate surface area is 170 Å². The summed E-state index contributed by atoms with van der Waals surface area (Å²) in [5.41, 5.74) is 2.30. The maximum Gasteiger partial charge on any atom is 0.238 e. The summed E-state index contributed by atoms with van der Waals surface area (Å²) in [4.78, 5) is 29.9. The van der Waals surface area contributed by atoms with Crippen LogP contribution >= 0.6 is 0 Å². The summed E-state index contributed by atoms with van der Waals surface area (Å²) < 4.78 is 13.0. The molecular formula is C23H26FN3O2. The first-order valence-electron chi connectivity index (χ1n) is 10.1. The zero-order valence-electron chi connectivity index (χ0n) is 16.7. The maximum absolute atomic E-state index is 13.1. The predicted octanol–water partition coefficient (Wildman–Crippen LogP) is 2.88. The van der Waals surface area contributed by atoms with E-state index < -0.39 is 5.41 Å². The number of halogens is 1. The second-order valence-electron chi connectivity index (χ2n) is 8.01. The van der Waals surface area contributed by atoms with Crippen LogP contribution in [0.5, 0.6) is 0 Å². The van der Waals surface area contributed by atoms with Crippen LogP contribution in [-0.2, 0) is 16.1 Å². The Kier molecular flexibility index (Phi) is 5.26.